The molecule has 37 heavy (non-hydrogen) atoms. The van der Waals surface area contributed by atoms with Crippen LogP contribution in [0, 0.1) is 0 Å². The summed E-state index contributed by atoms with van der Waals surface area (Å²) in [4.78, 5) is 40.1. The van der Waals surface area contributed by atoms with E-state index in [9.17, 15) is 14.4 Å². The highest BCUT2D eigenvalue weighted by Gasteiger charge is 2.26. The number of benzene rings is 3. The molecule has 1 aromatic heterocycles. The van der Waals surface area contributed by atoms with Gasteiger partial charge in [0.1, 0.15) is 5.56 Å². The summed E-state index contributed by atoms with van der Waals surface area (Å²) in [7, 11) is 0. The molecule has 0 aliphatic heterocycles. The number of hydrogen-bond donors (Lipinski definition) is 1. The van der Waals surface area contributed by atoms with Crippen LogP contribution in [0.3, 0.4) is 0 Å². The molecule has 0 unspecified atom stereocenters. The van der Waals surface area contributed by atoms with Crippen molar-refractivity contribution < 1.29 is 14.3 Å². The summed E-state index contributed by atoms with van der Waals surface area (Å²) in [5.41, 5.74) is 2.35. The molecule has 0 fully saturated rings. The van der Waals surface area contributed by atoms with Gasteiger partial charge in [0.25, 0.3) is 11.5 Å². The lowest BCUT2D eigenvalue weighted by molar-refractivity contribution is 0.0501. The maximum Gasteiger partial charge on any atom is 0.340 e. The van der Waals surface area contributed by atoms with E-state index in [1.165, 1.54) is 4.68 Å². The first-order valence-corrected chi connectivity index (χ1v) is 12.4. The SMILES string of the molecule is CCCCOC(=O)c1ccccc1NC(=O)c1c(-c2ccccc2)c(-c2ccccc2)nn(CC)c1=O. The third kappa shape index (κ3) is 5.67. The van der Waals surface area contributed by atoms with Crippen LogP contribution in [0.2, 0.25) is 0 Å². The van der Waals surface area contributed by atoms with Crippen LogP contribution in [0.5, 0.6) is 0 Å². The Morgan fingerprint density at radius 3 is 2.14 bits per heavy atom. The first-order valence-electron chi connectivity index (χ1n) is 12.4. The number of aryl methyl sites for hydroxylation is 1. The Kier molecular flexibility index (Phi) is 8.26. The summed E-state index contributed by atoms with van der Waals surface area (Å²) < 4.78 is 6.65. The van der Waals surface area contributed by atoms with Gasteiger partial charge in [-0.25, -0.2) is 9.48 Å². The number of carbonyl (C=O) groups is 2. The summed E-state index contributed by atoms with van der Waals surface area (Å²) in [5, 5.41) is 7.42. The fourth-order valence-electron chi connectivity index (χ4n) is 4.02. The highest BCUT2D eigenvalue weighted by molar-refractivity contribution is 6.12. The van der Waals surface area contributed by atoms with Gasteiger partial charge in [-0.3, -0.25) is 9.59 Å². The second-order valence-electron chi connectivity index (χ2n) is 8.44. The number of hydrogen-bond acceptors (Lipinski definition) is 5. The lowest BCUT2D eigenvalue weighted by atomic mass is 9.95. The molecule has 188 valence electrons. The molecule has 0 atom stereocenters. The monoisotopic (exact) mass is 495 g/mol. The molecule has 0 spiro atoms. The summed E-state index contributed by atoms with van der Waals surface area (Å²) >= 11 is 0. The zero-order valence-corrected chi connectivity index (χ0v) is 20.9. The van der Waals surface area contributed by atoms with E-state index >= 15 is 0 Å². The van der Waals surface area contributed by atoms with Gasteiger partial charge < -0.3 is 10.1 Å². The second-order valence-corrected chi connectivity index (χ2v) is 8.44. The normalized spacial score (nSPS) is 10.6. The number of carbonyl (C=O) groups excluding carboxylic acids is 2. The fourth-order valence-corrected chi connectivity index (χ4v) is 4.02. The molecule has 7 heteroatoms. The van der Waals surface area contributed by atoms with Crippen molar-refractivity contribution in [2.24, 2.45) is 0 Å². The van der Waals surface area contributed by atoms with Gasteiger partial charge in [-0.05, 0) is 31.0 Å². The predicted octanol–water partition coefficient (Wildman–Crippen LogP) is 5.81. The van der Waals surface area contributed by atoms with E-state index in [2.05, 4.69) is 10.4 Å². The van der Waals surface area contributed by atoms with E-state index in [1.807, 2.05) is 67.6 Å². The van der Waals surface area contributed by atoms with Gasteiger partial charge in [-0.15, -0.1) is 0 Å². The minimum Gasteiger partial charge on any atom is -0.462 e. The zero-order chi connectivity index (χ0) is 26.2. The van der Waals surface area contributed by atoms with Gasteiger partial charge in [0.2, 0.25) is 0 Å². The standard InChI is InChI=1S/C30H29N3O4/c1-3-5-20-37-30(36)23-18-12-13-19-24(23)31-28(34)26-25(21-14-8-6-9-15-21)27(22-16-10-7-11-17-22)32-33(4-2)29(26)35/h6-19H,3-5,20H2,1-2H3,(H,31,34). The third-order valence-electron chi connectivity index (χ3n) is 5.92. The van der Waals surface area contributed by atoms with Crippen LogP contribution in [-0.2, 0) is 11.3 Å². The van der Waals surface area contributed by atoms with Crippen molar-refractivity contribution in [1.82, 2.24) is 9.78 Å². The number of amides is 1. The molecule has 0 saturated carbocycles. The Morgan fingerprint density at radius 1 is 0.865 bits per heavy atom. The predicted molar refractivity (Wildman–Crippen MR) is 145 cm³/mol. The number of unbranched alkanes of at least 4 members (excludes halogenated alkanes) is 1. The molecule has 3 aromatic carbocycles. The molecular weight excluding hydrogens is 466 g/mol. The van der Waals surface area contributed by atoms with Crippen LogP contribution in [0.4, 0.5) is 5.69 Å². The minimum atomic E-state index is -0.626. The van der Waals surface area contributed by atoms with Crippen LogP contribution in [0.25, 0.3) is 22.4 Å². The smallest absolute Gasteiger partial charge is 0.340 e. The average Bonchev–Trinajstić information content (AvgIpc) is 2.94. The Balaban J connectivity index is 1.85. The fraction of sp³-hybridized carbons (Fsp3) is 0.200. The van der Waals surface area contributed by atoms with Crippen LogP contribution >= 0.6 is 0 Å². The van der Waals surface area contributed by atoms with E-state index in [4.69, 9.17) is 4.74 Å². The lowest BCUT2D eigenvalue weighted by Crippen LogP contribution is -2.32. The van der Waals surface area contributed by atoms with Gasteiger partial charge in [0.15, 0.2) is 0 Å². The summed E-state index contributed by atoms with van der Waals surface area (Å²) in [5.74, 6) is -1.15. The van der Waals surface area contributed by atoms with E-state index in [0.717, 1.165) is 18.4 Å². The van der Waals surface area contributed by atoms with Gasteiger partial charge >= 0.3 is 5.97 Å². The number of aromatic nitrogens is 2. The highest BCUT2D eigenvalue weighted by Crippen LogP contribution is 2.32. The zero-order valence-electron chi connectivity index (χ0n) is 20.9. The summed E-state index contributed by atoms with van der Waals surface area (Å²) in [6.45, 7) is 4.39. The van der Waals surface area contributed by atoms with Crippen LogP contribution < -0.4 is 10.9 Å². The molecule has 0 radical (unpaired) electrons. The van der Waals surface area contributed by atoms with Crippen LogP contribution in [0.1, 0.15) is 47.4 Å². The number of anilines is 1. The van der Waals surface area contributed by atoms with Crippen molar-refractivity contribution in [2.45, 2.75) is 33.2 Å². The van der Waals surface area contributed by atoms with Crippen molar-refractivity contribution in [2.75, 3.05) is 11.9 Å². The van der Waals surface area contributed by atoms with Crippen LogP contribution in [0.15, 0.2) is 89.7 Å². The summed E-state index contributed by atoms with van der Waals surface area (Å²) in [6, 6.07) is 25.3. The molecule has 0 bridgehead atoms. The van der Waals surface area contributed by atoms with E-state index in [-0.39, 0.29) is 23.4 Å². The highest BCUT2D eigenvalue weighted by atomic mass is 16.5. The van der Waals surface area contributed by atoms with Gasteiger partial charge in [0.05, 0.1) is 23.6 Å². The lowest BCUT2D eigenvalue weighted by Gasteiger charge is -2.17. The topological polar surface area (TPSA) is 90.3 Å². The van der Waals surface area contributed by atoms with E-state index in [0.29, 0.717) is 23.4 Å². The molecule has 1 amide bonds. The molecule has 1 N–H and O–H groups in total. The summed E-state index contributed by atoms with van der Waals surface area (Å²) in [6.07, 6.45) is 1.64. The van der Waals surface area contributed by atoms with E-state index < -0.39 is 17.4 Å². The molecule has 7 nitrogen and oxygen atoms in total. The molecule has 4 rings (SSSR count). The second kappa shape index (κ2) is 11.9. The molecule has 0 saturated heterocycles. The van der Waals surface area contributed by atoms with Gasteiger partial charge in [-0.1, -0.05) is 86.1 Å². The van der Waals surface area contributed by atoms with Crippen molar-refractivity contribution >= 4 is 17.6 Å². The molecular formula is C30H29N3O4. The quantitative estimate of drug-likeness (QED) is 0.234. The Morgan fingerprint density at radius 2 is 1.49 bits per heavy atom. The average molecular weight is 496 g/mol. The largest absolute Gasteiger partial charge is 0.462 e. The van der Waals surface area contributed by atoms with Crippen LogP contribution in [-0.4, -0.2) is 28.3 Å². The number of nitrogens with zero attached hydrogens (tertiary/aromatic N) is 2. The minimum absolute atomic E-state index is 0.0453. The molecule has 4 aromatic rings. The number of ether oxygens (including phenoxy) is 1. The maximum absolute atomic E-state index is 13.8. The number of rotatable bonds is 9. The van der Waals surface area contributed by atoms with E-state index in [1.54, 1.807) is 31.2 Å². The van der Waals surface area contributed by atoms with Crippen molar-refractivity contribution in [3.63, 3.8) is 0 Å². The Labute approximate surface area is 215 Å². The number of esters is 1. The number of para-hydroxylation sites is 1. The Bertz CT molecular complexity index is 1450. The Hall–Kier alpha value is -4.52. The van der Waals surface area contributed by atoms with Gasteiger partial charge in [0, 0.05) is 17.7 Å². The van der Waals surface area contributed by atoms with Gasteiger partial charge in [-0.2, -0.15) is 5.10 Å². The first kappa shape index (κ1) is 25.6. The van der Waals surface area contributed by atoms with Crippen molar-refractivity contribution in [1.29, 1.82) is 0 Å². The van der Waals surface area contributed by atoms with Crippen molar-refractivity contribution in [3.8, 4) is 22.4 Å². The molecule has 0 aliphatic carbocycles. The first-order chi connectivity index (χ1) is 18.0. The third-order valence-corrected chi connectivity index (χ3v) is 5.92. The number of nitrogens with one attached hydrogen (secondary N) is 1. The molecule has 0 aliphatic rings. The molecule has 1 heterocycles. The van der Waals surface area contributed by atoms with Crippen molar-refractivity contribution in [3.05, 3.63) is 106 Å². The maximum atomic E-state index is 13.8.